The first-order valence-corrected chi connectivity index (χ1v) is 7.59. The molecule has 2 rings (SSSR count). The first-order valence-electron chi connectivity index (χ1n) is 7.21. The van der Waals surface area contributed by atoms with Crippen molar-refractivity contribution in [3.63, 3.8) is 0 Å². The van der Waals surface area contributed by atoms with Gasteiger partial charge in [-0.15, -0.1) is 0 Å². The van der Waals surface area contributed by atoms with Crippen LogP contribution in [0, 0.1) is 5.92 Å². The van der Waals surface area contributed by atoms with Crippen LogP contribution in [0.15, 0.2) is 24.3 Å². The van der Waals surface area contributed by atoms with Crippen molar-refractivity contribution >= 4 is 23.3 Å². The molecule has 1 aliphatic rings. The van der Waals surface area contributed by atoms with Crippen molar-refractivity contribution in [1.82, 2.24) is 10.2 Å². The van der Waals surface area contributed by atoms with E-state index < -0.39 is 0 Å². The Kier molecular flexibility index (Phi) is 5.68. The van der Waals surface area contributed by atoms with E-state index in [4.69, 9.17) is 11.6 Å². The summed E-state index contributed by atoms with van der Waals surface area (Å²) in [6, 6.07) is 7.16. The third-order valence-electron chi connectivity index (χ3n) is 3.70. The summed E-state index contributed by atoms with van der Waals surface area (Å²) in [5, 5.41) is 6.94. The molecule has 1 fully saturated rings. The first-order chi connectivity index (χ1) is 9.69. The lowest BCUT2D eigenvalue weighted by Gasteiger charge is -2.29. The van der Waals surface area contributed by atoms with Gasteiger partial charge in [0.05, 0.1) is 0 Å². The lowest BCUT2D eigenvalue weighted by atomic mass is 9.98. The Balaban J connectivity index is 1.89. The summed E-state index contributed by atoms with van der Waals surface area (Å²) < 4.78 is 0. The number of rotatable bonds is 4. The summed E-state index contributed by atoms with van der Waals surface area (Å²) in [4.78, 5) is 14.1. The Morgan fingerprint density at radius 1 is 1.35 bits per heavy atom. The van der Waals surface area contributed by atoms with Gasteiger partial charge in [-0.3, -0.25) is 0 Å². The Hall–Kier alpha value is -1.26. The van der Waals surface area contributed by atoms with Crippen molar-refractivity contribution in [2.24, 2.45) is 5.92 Å². The van der Waals surface area contributed by atoms with Crippen molar-refractivity contribution in [1.29, 1.82) is 0 Å². The van der Waals surface area contributed by atoms with Crippen LogP contribution in [-0.4, -0.2) is 37.1 Å². The number of anilines is 1. The SMILES string of the molecule is CCN(CC1CCNCC1)C(=O)Nc1ccc(Cl)cc1. The lowest BCUT2D eigenvalue weighted by Crippen LogP contribution is -2.41. The average molecular weight is 296 g/mol. The van der Waals surface area contributed by atoms with E-state index in [-0.39, 0.29) is 6.03 Å². The Labute approximate surface area is 125 Å². The minimum absolute atomic E-state index is 0.0339. The molecule has 0 atom stereocenters. The lowest BCUT2D eigenvalue weighted by molar-refractivity contribution is 0.196. The number of piperidine rings is 1. The van der Waals surface area contributed by atoms with Crippen molar-refractivity contribution in [2.75, 3.05) is 31.5 Å². The molecule has 5 heteroatoms. The summed E-state index contributed by atoms with van der Waals surface area (Å²) in [6.45, 7) is 5.69. The normalized spacial score (nSPS) is 15.9. The second kappa shape index (κ2) is 7.50. The zero-order chi connectivity index (χ0) is 14.4. The monoisotopic (exact) mass is 295 g/mol. The van der Waals surface area contributed by atoms with Crippen molar-refractivity contribution < 1.29 is 4.79 Å². The maximum Gasteiger partial charge on any atom is 0.321 e. The molecule has 1 aliphatic heterocycles. The molecule has 20 heavy (non-hydrogen) atoms. The fourth-order valence-electron chi connectivity index (χ4n) is 2.47. The average Bonchev–Trinajstić information content (AvgIpc) is 2.48. The van der Waals surface area contributed by atoms with E-state index in [9.17, 15) is 4.79 Å². The van der Waals surface area contributed by atoms with E-state index in [1.54, 1.807) is 12.1 Å². The predicted octanol–water partition coefficient (Wildman–Crippen LogP) is 3.19. The largest absolute Gasteiger partial charge is 0.325 e. The summed E-state index contributed by atoms with van der Waals surface area (Å²) in [5.41, 5.74) is 0.781. The zero-order valence-electron chi connectivity index (χ0n) is 11.9. The number of carbonyl (C=O) groups excluding carboxylic acids is 1. The maximum absolute atomic E-state index is 12.3. The summed E-state index contributed by atoms with van der Waals surface area (Å²) in [5.74, 6) is 0.604. The minimum atomic E-state index is -0.0339. The second-order valence-corrected chi connectivity index (χ2v) is 5.61. The maximum atomic E-state index is 12.3. The molecule has 4 nitrogen and oxygen atoms in total. The van der Waals surface area contributed by atoms with Crippen LogP contribution in [-0.2, 0) is 0 Å². The van der Waals surface area contributed by atoms with E-state index in [0.29, 0.717) is 10.9 Å². The Bertz CT molecular complexity index is 429. The Morgan fingerprint density at radius 3 is 2.60 bits per heavy atom. The van der Waals surface area contributed by atoms with Crippen LogP contribution in [0.1, 0.15) is 19.8 Å². The van der Waals surface area contributed by atoms with Gasteiger partial charge >= 0.3 is 6.03 Å². The molecule has 0 aromatic heterocycles. The molecule has 0 radical (unpaired) electrons. The number of benzene rings is 1. The number of nitrogens with zero attached hydrogens (tertiary/aromatic N) is 1. The van der Waals surface area contributed by atoms with Crippen LogP contribution in [0.4, 0.5) is 10.5 Å². The molecule has 1 aromatic carbocycles. The van der Waals surface area contributed by atoms with Gasteiger partial charge in [0.1, 0.15) is 0 Å². The molecular formula is C15H22ClN3O. The third kappa shape index (κ3) is 4.39. The fourth-order valence-corrected chi connectivity index (χ4v) is 2.59. The molecule has 0 saturated carbocycles. The highest BCUT2D eigenvalue weighted by Crippen LogP contribution is 2.16. The van der Waals surface area contributed by atoms with E-state index in [0.717, 1.165) is 44.7 Å². The van der Waals surface area contributed by atoms with Gasteiger partial charge < -0.3 is 15.5 Å². The molecule has 0 aliphatic carbocycles. The third-order valence-corrected chi connectivity index (χ3v) is 3.95. The van der Waals surface area contributed by atoms with E-state index in [1.807, 2.05) is 24.0 Å². The highest BCUT2D eigenvalue weighted by Gasteiger charge is 2.19. The zero-order valence-corrected chi connectivity index (χ0v) is 12.6. The van der Waals surface area contributed by atoms with Crippen LogP contribution < -0.4 is 10.6 Å². The van der Waals surface area contributed by atoms with Crippen LogP contribution in [0.3, 0.4) is 0 Å². The van der Waals surface area contributed by atoms with Crippen molar-refractivity contribution in [3.8, 4) is 0 Å². The van der Waals surface area contributed by atoms with Gasteiger partial charge in [0.25, 0.3) is 0 Å². The summed E-state index contributed by atoms with van der Waals surface area (Å²) in [6.07, 6.45) is 2.29. The number of carbonyl (C=O) groups is 1. The fraction of sp³-hybridized carbons (Fsp3) is 0.533. The van der Waals surface area contributed by atoms with E-state index in [1.165, 1.54) is 0 Å². The standard InChI is InChI=1S/C15H22ClN3O/c1-2-19(11-12-7-9-17-10-8-12)15(20)18-14-5-3-13(16)4-6-14/h3-6,12,17H,2,7-11H2,1H3,(H,18,20). The molecule has 0 bridgehead atoms. The molecular weight excluding hydrogens is 274 g/mol. The number of hydrogen-bond acceptors (Lipinski definition) is 2. The van der Waals surface area contributed by atoms with Crippen molar-refractivity contribution in [3.05, 3.63) is 29.3 Å². The molecule has 110 valence electrons. The molecule has 0 spiro atoms. The van der Waals surface area contributed by atoms with Gasteiger partial charge in [0.15, 0.2) is 0 Å². The first kappa shape index (κ1) is 15.1. The van der Waals surface area contributed by atoms with Crippen molar-refractivity contribution in [2.45, 2.75) is 19.8 Å². The predicted molar refractivity (Wildman–Crippen MR) is 83.3 cm³/mol. The highest BCUT2D eigenvalue weighted by atomic mass is 35.5. The summed E-state index contributed by atoms with van der Waals surface area (Å²) in [7, 11) is 0. The molecule has 1 heterocycles. The minimum Gasteiger partial charge on any atom is -0.325 e. The van der Waals surface area contributed by atoms with Gasteiger partial charge in [-0.05, 0) is 63.0 Å². The number of halogens is 1. The number of nitrogens with one attached hydrogen (secondary N) is 2. The van der Waals surface area contributed by atoms with Gasteiger partial charge in [-0.1, -0.05) is 11.6 Å². The quantitative estimate of drug-likeness (QED) is 0.896. The molecule has 2 amide bonds. The highest BCUT2D eigenvalue weighted by molar-refractivity contribution is 6.30. The van der Waals surface area contributed by atoms with Gasteiger partial charge in [0.2, 0.25) is 0 Å². The smallest absolute Gasteiger partial charge is 0.321 e. The van der Waals surface area contributed by atoms with E-state index in [2.05, 4.69) is 10.6 Å². The molecule has 1 aromatic rings. The number of hydrogen-bond donors (Lipinski definition) is 2. The van der Waals surface area contributed by atoms with Gasteiger partial charge in [0, 0.05) is 23.8 Å². The second-order valence-electron chi connectivity index (χ2n) is 5.17. The molecule has 2 N–H and O–H groups in total. The number of amides is 2. The van der Waals surface area contributed by atoms with Crippen LogP contribution >= 0.6 is 11.6 Å². The molecule has 0 unspecified atom stereocenters. The van der Waals surface area contributed by atoms with E-state index >= 15 is 0 Å². The Morgan fingerprint density at radius 2 is 2.00 bits per heavy atom. The van der Waals surface area contributed by atoms with Gasteiger partial charge in [-0.25, -0.2) is 4.79 Å². The van der Waals surface area contributed by atoms with Crippen LogP contribution in [0.25, 0.3) is 0 Å². The summed E-state index contributed by atoms with van der Waals surface area (Å²) >= 11 is 5.84. The topological polar surface area (TPSA) is 44.4 Å². The van der Waals surface area contributed by atoms with Crippen LogP contribution in [0.2, 0.25) is 5.02 Å². The van der Waals surface area contributed by atoms with Gasteiger partial charge in [-0.2, -0.15) is 0 Å². The molecule has 1 saturated heterocycles. The number of urea groups is 1. The van der Waals surface area contributed by atoms with Crippen LogP contribution in [0.5, 0.6) is 0 Å².